The summed E-state index contributed by atoms with van der Waals surface area (Å²) in [6, 6.07) is 5.05. The summed E-state index contributed by atoms with van der Waals surface area (Å²) in [6.07, 6.45) is 1.51. The molecule has 0 aliphatic rings. The molecule has 2 rings (SSSR count). The van der Waals surface area contributed by atoms with Crippen molar-refractivity contribution in [3.8, 4) is 11.8 Å². The Hall–Kier alpha value is -1.23. The number of ether oxygens (including phenoxy) is 1. The third-order valence-electron chi connectivity index (χ3n) is 1.85. The van der Waals surface area contributed by atoms with Crippen LogP contribution in [0.5, 0.6) is 11.8 Å². The van der Waals surface area contributed by atoms with E-state index in [2.05, 4.69) is 4.98 Å². The van der Waals surface area contributed by atoms with Gasteiger partial charge in [0, 0.05) is 6.54 Å². The van der Waals surface area contributed by atoms with Crippen molar-refractivity contribution in [2.45, 2.75) is 6.54 Å². The Bertz CT molecular complexity index is 499. The van der Waals surface area contributed by atoms with E-state index >= 15 is 0 Å². The van der Waals surface area contributed by atoms with Crippen molar-refractivity contribution in [1.82, 2.24) is 4.98 Å². The number of nitrogens with zero attached hydrogens (tertiary/aromatic N) is 1. The van der Waals surface area contributed by atoms with E-state index in [0.717, 1.165) is 0 Å². The highest BCUT2D eigenvalue weighted by molar-refractivity contribution is 6.42. The number of hydrogen-bond donors (Lipinski definition) is 1. The second kappa shape index (κ2) is 4.74. The van der Waals surface area contributed by atoms with Gasteiger partial charge in [0.15, 0.2) is 5.75 Å². The van der Waals surface area contributed by atoms with Gasteiger partial charge in [0.2, 0.25) is 0 Å². The molecule has 0 bridgehead atoms. The van der Waals surface area contributed by atoms with Gasteiger partial charge >= 0.3 is 6.08 Å². The van der Waals surface area contributed by atoms with Crippen molar-refractivity contribution in [3.05, 3.63) is 40.2 Å². The number of halogens is 2. The minimum atomic E-state index is 0.0876. The molecule has 0 saturated carbocycles. The Morgan fingerprint density at radius 3 is 2.88 bits per heavy atom. The maximum absolute atomic E-state index is 5.93. The van der Waals surface area contributed by atoms with Gasteiger partial charge in [-0.15, -0.1) is 0 Å². The van der Waals surface area contributed by atoms with E-state index in [1.807, 2.05) is 0 Å². The summed E-state index contributed by atoms with van der Waals surface area (Å²) >= 11 is 11.8. The van der Waals surface area contributed by atoms with Crippen LogP contribution in [-0.4, -0.2) is 4.98 Å². The van der Waals surface area contributed by atoms with Crippen LogP contribution in [0.15, 0.2) is 28.9 Å². The topological polar surface area (TPSA) is 61.3 Å². The van der Waals surface area contributed by atoms with Crippen LogP contribution >= 0.6 is 23.2 Å². The van der Waals surface area contributed by atoms with E-state index in [-0.39, 0.29) is 12.6 Å². The fraction of sp³-hybridized carbons (Fsp3) is 0.100. The first-order valence-corrected chi connectivity index (χ1v) is 5.22. The molecule has 0 spiro atoms. The Morgan fingerprint density at radius 1 is 1.38 bits per heavy atom. The summed E-state index contributed by atoms with van der Waals surface area (Å²) in [7, 11) is 0. The maximum Gasteiger partial charge on any atom is 0.399 e. The number of benzene rings is 1. The number of oxazole rings is 1. The second-order valence-electron chi connectivity index (χ2n) is 2.96. The number of nitrogens with two attached hydrogens (primary N) is 1. The standard InChI is InChI=1S/C10H8Cl2N2O2/c11-7-2-1-3-8(9(7)12)16-10-14-6(4-13)5-15-10/h1-3,5H,4,13H2. The molecular weight excluding hydrogens is 251 g/mol. The number of hydrogen-bond acceptors (Lipinski definition) is 4. The van der Waals surface area contributed by atoms with Gasteiger partial charge in [0.05, 0.1) is 10.7 Å². The van der Waals surface area contributed by atoms with Crippen LogP contribution < -0.4 is 10.5 Å². The quantitative estimate of drug-likeness (QED) is 0.919. The lowest BCUT2D eigenvalue weighted by Crippen LogP contribution is -1.95. The van der Waals surface area contributed by atoms with Gasteiger partial charge in [0.1, 0.15) is 11.3 Å². The van der Waals surface area contributed by atoms with Crippen LogP contribution in [0.1, 0.15) is 5.69 Å². The van der Waals surface area contributed by atoms with Gasteiger partial charge in [-0.2, -0.15) is 4.98 Å². The minimum Gasteiger partial charge on any atom is -0.417 e. The van der Waals surface area contributed by atoms with E-state index in [4.69, 9.17) is 38.1 Å². The van der Waals surface area contributed by atoms with Gasteiger partial charge in [-0.25, -0.2) is 0 Å². The van der Waals surface area contributed by atoms with Gasteiger partial charge in [-0.05, 0) is 12.1 Å². The predicted molar refractivity (Wildman–Crippen MR) is 60.9 cm³/mol. The average molecular weight is 259 g/mol. The van der Waals surface area contributed by atoms with Gasteiger partial charge in [0.25, 0.3) is 0 Å². The highest BCUT2D eigenvalue weighted by atomic mass is 35.5. The lowest BCUT2D eigenvalue weighted by atomic mass is 10.3. The predicted octanol–water partition coefficient (Wildman–Crippen LogP) is 3.23. The largest absolute Gasteiger partial charge is 0.417 e. The van der Waals surface area contributed by atoms with E-state index in [1.165, 1.54) is 6.26 Å². The minimum absolute atomic E-state index is 0.0876. The summed E-state index contributed by atoms with van der Waals surface area (Å²) in [4.78, 5) is 3.98. The average Bonchev–Trinajstić information content (AvgIpc) is 2.73. The monoisotopic (exact) mass is 258 g/mol. The zero-order valence-corrected chi connectivity index (χ0v) is 9.63. The third-order valence-corrected chi connectivity index (χ3v) is 2.65. The Labute approximate surface area is 102 Å². The summed E-state index contributed by atoms with van der Waals surface area (Å²) in [5, 5.41) is 0.724. The van der Waals surface area contributed by atoms with Gasteiger partial charge < -0.3 is 14.9 Å². The smallest absolute Gasteiger partial charge is 0.399 e. The molecule has 0 aliphatic heterocycles. The lowest BCUT2D eigenvalue weighted by Gasteiger charge is -2.03. The van der Waals surface area contributed by atoms with Crippen LogP contribution in [0.2, 0.25) is 10.0 Å². The van der Waals surface area contributed by atoms with Crippen LogP contribution in [-0.2, 0) is 6.54 Å². The summed E-state index contributed by atoms with van der Waals surface area (Å²) in [6.45, 7) is 0.288. The summed E-state index contributed by atoms with van der Waals surface area (Å²) in [5.41, 5.74) is 5.99. The molecule has 84 valence electrons. The Kier molecular flexibility index (Phi) is 3.33. The first kappa shape index (κ1) is 11.3. The van der Waals surface area contributed by atoms with Crippen molar-refractivity contribution in [3.63, 3.8) is 0 Å². The molecule has 0 fully saturated rings. The molecule has 1 aromatic carbocycles. The molecule has 0 saturated heterocycles. The van der Waals surface area contributed by atoms with Crippen molar-refractivity contribution in [2.24, 2.45) is 5.73 Å². The van der Waals surface area contributed by atoms with E-state index in [0.29, 0.717) is 21.5 Å². The van der Waals surface area contributed by atoms with Crippen molar-refractivity contribution in [1.29, 1.82) is 0 Å². The molecule has 0 aliphatic carbocycles. The van der Waals surface area contributed by atoms with Crippen LogP contribution in [0.25, 0.3) is 0 Å². The molecule has 16 heavy (non-hydrogen) atoms. The second-order valence-corrected chi connectivity index (χ2v) is 3.75. The molecule has 1 heterocycles. The van der Waals surface area contributed by atoms with Crippen LogP contribution in [0.4, 0.5) is 0 Å². The molecule has 0 atom stereocenters. The maximum atomic E-state index is 5.93. The zero-order valence-electron chi connectivity index (χ0n) is 8.11. The van der Waals surface area contributed by atoms with E-state index < -0.39 is 0 Å². The van der Waals surface area contributed by atoms with Crippen molar-refractivity contribution < 1.29 is 9.15 Å². The molecule has 4 nitrogen and oxygen atoms in total. The molecule has 0 radical (unpaired) electrons. The van der Waals surface area contributed by atoms with E-state index in [1.54, 1.807) is 18.2 Å². The van der Waals surface area contributed by atoms with Gasteiger partial charge in [-0.1, -0.05) is 29.3 Å². The fourth-order valence-corrected chi connectivity index (χ4v) is 1.42. The molecule has 1 aromatic heterocycles. The van der Waals surface area contributed by atoms with Gasteiger partial charge in [-0.3, -0.25) is 0 Å². The van der Waals surface area contributed by atoms with Crippen LogP contribution in [0, 0.1) is 0 Å². The molecule has 2 aromatic rings. The Morgan fingerprint density at radius 2 is 2.19 bits per heavy atom. The normalized spacial score (nSPS) is 10.4. The highest BCUT2D eigenvalue weighted by Crippen LogP contribution is 2.34. The first-order chi connectivity index (χ1) is 7.70. The van der Waals surface area contributed by atoms with E-state index in [9.17, 15) is 0 Å². The number of aromatic nitrogens is 1. The van der Waals surface area contributed by atoms with Crippen LogP contribution in [0.3, 0.4) is 0 Å². The lowest BCUT2D eigenvalue weighted by molar-refractivity contribution is 0.331. The summed E-state index contributed by atoms with van der Waals surface area (Å²) in [5.74, 6) is 0.389. The number of rotatable bonds is 3. The highest BCUT2D eigenvalue weighted by Gasteiger charge is 2.10. The molecule has 6 heteroatoms. The van der Waals surface area contributed by atoms with Crippen molar-refractivity contribution in [2.75, 3.05) is 0 Å². The molecule has 0 amide bonds. The summed E-state index contributed by atoms with van der Waals surface area (Å²) < 4.78 is 10.4. The SMILES string of the molecule is NCc1coc(Oc2cccc(Cl)c2Cl)n1. The zero-order chi connectivity index (χ0) is 11.5. The first-order valence-electron chi connectivity index (χ1n) is 4.47. The Balaban J connectivity index is 2.23. The molecular formula is C10H8Cl2N2O2. The molecule has 0 unspecified atom stereocenters. The van der Waals surface area contributed by atoms with Crippen molar-refractivity contribution >= 4 is 23.2 Å². The molecule has 2 N–H and O–H groups in total. The fourth-order valence-electron chi connectivity index (χ4n) is 1.09. The third kappa shape index (κ3) is 2.29.